The summed E-state index contributed by atoms with van der Waals surface area (Å²) in [5, 5.41) is 18.7. The molecule has 2 aromatic heterocycles. The minimum Gasteiger partial charge on any atom is -0.363 e. The fourth-order valence-electron chi connectivity index (χ4n) is 3.45. The molecule has 0 radical (unpaired) electrons. The number of aromatic amines is 1. The third-order valence-corrected chi connectivity index (χ3v) is 5.13. The van der Waals surface area contributed by atoms with Gasteiger partial charge in [0.1, 0.15) is 6.07 Å². The van der Waals surface area contributed by atoms with Crippen molar-refractivity contribution in [3.63, 3.8) is 0 Å². The number of hydrogen-bond donors (Lipinski definition) is 1. The quantitative estimate of drug-likeness (QED) is 0.773. The molecule has 1 N–H and O–H groups in total. The molecule has 134 valence electrons. The average Bonchev–Trinajstić information content (AvgIpc) is 2.92. The van der Waals surface area contributed by atoms with Gasteiger partial charge >= 0.3 is 0 Å². The molecule has 0 saturated carbocycles. The Balaban J connectivity index is 2.15. The molecule has 5 nitrogen and oxygen atoms in total. The molecule has 3 aromatic rings. The summed E-state index contributed by atoms with van der Waals surface area (Å²) < 4.78 is 2.06. The standard InChI is InChI=1S/C22H20N4O/c1-13-11-25-20(14(2)22(13)27)12-26-15(3)19(10-24)21(16(26)4)18-7-5-17(9-23)6-8-18/h5-8,11H,12H2,1-4H3,(H,25,27). The number of benzene rings is 1. The SMILES string of the molecule is Cc1c[nH]c(Cn2c(C)c(C#N)c(-c3ccc(C#N)cc3)c2C)c(C)c1=O. The Kier molecular flexibility index (Phi) is 4.71. The molecule has 3 rings (SSSR count). The van der Waals surface area contributed by atoms with Crippen LogP contribution in [0.4, 0.5) is 0 Å². The molecule has 2 heterocycles. The number of aryl methyl sites for hydroxylation is 1. The molecule has 0 aliphatic rings. The van der Waals surface area contributed by atoms with E-state index >= 15 is 0 Å². The zero-order chi connectivity index (χ0) is 19.7. The lowest BCUT2D eigenvalue weighted by Gasteiger charge is -2.12. The Hall–Kier alpha value is -3.57. The van der Waals surface area contributed by atoms with E-state index in [9.17, 15) is 10.1 Å². The highest BCUT2D eigenvalue weighted by Crippen LogP contribution is 2.32. The van der Waals surface area contributed by atoms with Gasteiger partial charge in [-0.3, -0.25) is 4.79 Å². The Bertz CT molecular complexity index is 1170. The first kappa shape index (κ1) is 18.2. The van der Waals surface area contributed by atoms with Crippen LogP contribution in [0.2, 0.25) is 0 Å². The third kappa shape index (κ3) is 3.05. The molecule has 5 heteroatoms. The summed E-state index contributed by atoms with van der Waals surface area (Å²) in [6.07, 6.45) is 1.73. The number of aromatic nitrogens is 2. The monoisotopic (exact) mass is 356 g/mol. The van der Waals surface area contributed by atoms with Crippen LogP contribution < -0.4 is 5.43 Å². The maximum absolute atomic E-state index is 12.3. The van der Waals surface area contributed by atoms with Crippen LogP contribution in [0.25, 0.3) is 11.1 Å². The van der Waals surface area contributed by atoms with Gasteiger partial charge in [0.15, 0.2) is 5.43 Å². The van der Waals surface area contributed by atoms with E-state index in [-0.39, 0.29) is 5.43 Å². The molecular weight excluding hydrogens is 336 g/mol. The molecule has 0 atom stereocenters. The lowest BCUT2D eigenvalue weighted by atomic mass is 10.0. The molecule has 27 heavy (non-hydrogen) atoms. The maximum Gasteiger partial charge on any atom is 0.187 e. The summed E-state index contributed by atoms with van der Waals surface area (Å²) >= 11 is 0. The van der Waals surface area contributed by atoms with Crippen molar-refractivity contribution in [1.29, 1.82) is 10.5 Å². The van der Waals surface area contributed by atoms with Crippen LogP contribution in [-0.4, -0.2) is 9.55 Å². The summed E-state index contributed by atoms with van der Waals surface area (Å²) in [5.74, 6) is 0. The van der Waals surface area contributed by atoms with E-state index in [1.54, 1.807) is 25.3 Å². The zero-order valence-corrected chi connectivity index (χ0v) is 15.8. The van der Waals surface area contributed by atoms with Gasteiger partial charge in [-0.25, -0.2) is 0 Å². The van der Waals surface area contributed by atoms with Gasteiger partial charge in [0.05, 0.1) is 23.7 Å². The van der Waals surface area contributed by atoms with E-state index < -0.39 is 0 Å². The van der Waals surface area contributed by atoms with Crippen LogP contribution in [0.1, 0.15) is 39.3 Å². The summed E-state index contributed by atoms with van der Waals surface area (Å²) in [5.41, 5.74) is 7.04. The van der Waals surface area contributed by atoms with E-state index in [1.165, 1.54) is 0 Å². The molecule has 0 aliphatic carbocycles. The molecule has 0 fully saturated rings. The minimum atomic E-state index is 0.0408. The van der Waals surface area contributed by atoms with Crippen molar-refractivity contribution in [2.45, 2.75) is 34.2 Å². The number of nitriles is 2. The topological polar surface area (TPSA) is 85.4 Å². The number of nitrogens with zero attached hydrogens (tertiary/aromatic N) is 3. The van der Waals surface area contributed by atoms with Gasteiger partial charge in [-0.2, -0.15) is 10.5 Å². The summed E-state index contributed by atoms with van der Waals surface area (Å²) in [6.45, 7) is 7.99. The van der Waals surface area contributed by atoms with Crippen LogP contribution in [0.15, 0.2) is 35.3 Å². The number of H-pyrrole nitrogens is 1. The van der Waals surface area contributed by atoms with Gasteiger partial charge in [-0.1, -0.05) is 12.1 Å². The Labute approximate surface area is 158 Å². The van der Waals surface area contributed by atoms with Gasteiger partial charge in [0.25, 0.3) is 0 Å². The van der Waals surface area contributed by atoms with Crippen molar-refractivity contribution in [2.24, 2.45) is 0 Å². The molecule has 0 unspecified atom stereocenters. The van der Waals surface area contributed by atoms with Crippen LogP contribution in [0.5, 0.6) is 0 Å². The predicted molar refractivity (Wildman–Crippen MR) is 104 cm³/mol. The second-order valence-electron chi connectivity index (χ2n) is 6.71. The van der Waals surface area contributed by atoms with Gasteiger partial charge < -0.3 is 9.55 Å². The van der Waals surface area contributed by atoms with Crippen LogP contribution in [-0.2, 0) is 6.54 Å². The predicted octanol–water partition coefficient (Wildman–Crippen LogP) is 3.87. The zero-order valence-electron chi connectivity index (χ0n) is 15.8. The van der Waals surface area contributed by atoms with Gasteiger partial charge in [-0.15, -0.1) is 0 Å². The smallest absolute Gasteiger partial charge is 0.187 e. The highest BCUT2D eigenvalue weighted by Gasteiger charge is 2.20. The molecule has 0 saturated heterocycles. The second-order valence-corrected chi connectivity index (χ2v) is 6.71. The highest BCUT2D eigenvalue weighted by atomic mass is 16.1. The van der Waals surface area contributed by atoms with Crippen LogP contribution >= 0.6 is 0 Å². The second kappa shape index (κ2) is 6.97. The number of nitrogens with one attached hydrogen (secondary N) is 1. The van der Waals surface area contributed by atoms with E-state index in [4.69, 9.17) is 5.26 Å². The maximum atomic E-state index is 12.3. The van der Waals surface area contributed by atoms with Crippen molar-refractivity contribution >= 4 is 0 Å². The number of pyridine rings is 1. The molecule has 0 aliphatic heterocycles. The number of rotatable bonds is 3. The Morgan fingerprint density at radius 2 is 1.67 bits per heavy atom. The minimum absolute atomic E-state index is 0.0408. The number of hydrogen-bond acceptors (Lipinski definition) is 3. The fraction of sp³-hybridized carbons (Fsp3) is 0.227. The van der Waals surface area contributed by atoms with Crippen molar-refractivity contribution in [2.75, 3.05) is 0 Å². The lowest BCUT2D eigenvalue weighted by molar-refractivity contribution is 0.723. The normalized spacial score (nSPS) is 10.4. The third-order valence-electron chi connectivity index (χ3n) is 5.13. The van der Waals surface area contributed by atoms with Crippen molar-refractivity contribution in [1.82, 2.24) is 9.55 Å². The first-order chi connectivity index (χ1) is 12.9. The molecular formula is C22H20N4O. The Morgan fingerprint density at radius 3 is 2.26 bits per heavy atom. The van der Waals surface area contributed by atoms with Crippen LogP contribution in [0.3, 0.4) is 0 Å². The van der Waals surface area contributed by atoms with Crippen molar-refractivity contribution < 1.29 is 0 Å². The van der Waals surface area contributed by atoms with Crippen LogP contribution in [0, 0.1) is 50.4 Å². The first-order valence-corrected chi connectivity index (χ1v) is 8.67. The van der Waals surface area contributed by atoms with Crippen molar-refractivity contribution in [3.05, 3.63) is 80.0 Å². The van der Waals surface area contributed by atoms with Crippen molar-refractivity contribution in [3.8, 4) is 23.3 Å². The van der Waals surface area contributed by atoms with Gasteiger partial charge in [0.2, 0.25) is 0 Å². The fourth-order valence-corrected chi connectivity index (χ4v) is 3.45. The van der Waals surface area contributed by atoms with E-state index in [0.717, 1.165) is 28.2 Å². The van der Waals surface area contributed by atoms with E-state index in [1.807, 2.05) is 32.9 Å². The average molecular weight is 356 g/mol. The summed E-state index contributed by atoms with van der Waals surface area (Å²) in [7, 11) is 0. The summed E-state index contributed by atoms with van der Waals surface area (Å²) in [6, 6.07) is 11.7. The van der Waals surface area contributed by atoms with E-state index in [0.29, 0.717) is 28.8 Å². The highest BCUT2D eigenvalue weighted by molar-refractivity contribution is 5.75. The molecule has 0 spiro atoms. The van der Waals surface area contributed by atoms with Gasteiger partial charge in [0, 0.05) is 40.0 Å². The van der Waals surface area contributed by atoms with E-state index in [2.05, 4.69) is 21.7 Å². The first-order valence-electron chi connectivity index (χ1n) is 8.67. The molecule has 0 bridgehead atoms. The largest absolute Gasteiger partial charge is 0.363 e. The Morgan fingerprint density at radius 1 is 1.00 bits per heavy atom. The lowest BCUT2D eigenvalue weighted by Crippen LogP contribution is -2.16. The molecule has 1 aromatic carbocycles. The molecule has 0 amide bonds. The summed E-state index contributed by atoms with van der Waals surface area (Å²) in [4.78, 5) is 15.5. The van der Waals surface area contributed by atoms with Gasteiger partial charge in [-0.05, 0) is 45.4 Å².